The number of rotatable bonds is 3. The molecule has 0 spiro atoms. The molecule has 2 amide bonds. The third-order valence-corrected chi connectivity index (χ3v) is 4.57. The van der Waals surface area contributed by atoms with Crippen molar-refractivity contribution in [2.45, 2.75) is 26.8 Å². The topological polar surface area (TPSA) is 37.4 Å². The number of carbonyl (C=O) groups excluding carboxylic acids is 2. The highest BCUT2D eigenvalue weighted by molar-refractivity contribution is 6.11. The van der Waals surface area contributed by atoms with E-state index in [0.717, 1.165) is 12.0 Å². The summed E-state index contributed by atoms with van der Waals surface area (Å²) < 4.78 is 0. The molecular formula is C15H17NO2. The smallest absolute Gasteiger partial charge is 0.236 e. The van der Waals surface area contributed by atoms with Crippen LogP contribution in [0.2, 0.25) is 0 Å². The standard InChI is InChI=1S/C15H17NO2/c1-3-11-12-13(17)16(14(18)15(11,12)2)9-10-7-5-4-6-8-10/h4-8,11-12H,3,9H2,1-2H3/t11-,12?,15?/m0/s1. The van der Waals surface area contributed by atoms with Crippen molar-refractivity contribution in [1.29, 1.82) is 0 Å². The Morgan fingerprint density at radius 2 is 1.89 bits per heavy atom. The number of nitrogens with zero attached hydrogens (tertiary/aromatic N) is 1. The Kier molecular flexibility index (Phi) is 2.34. The summed E-state index contributed by atoms with van der Waals surface area (Å²) in [5.74, 6) is 0.259. The lowest BCUT2D eigenvalue weighted by Gasteiger charge is -2.20. The van der Waals surface area contributed by atoms with Gasteiger partial charge in [-0.3, -0.25) is 14.5 Å². The van der Waals surface area contributed by atoms with E-state index >= 15 is 0 Å². The van der Waals surface area contributed by atoms with Crippen molar-refractivity contribution in [3.63, 3.8) is 0 Å². The first-order valence-corrected chi connectivity index (χ1v) is 6.50. The van der Waals surface area contributed by atoms with Crippen molar-refractivity contribution in [3.05, 3.63) is 35.9 Å². The first-order valence-electron chi connectivity index (χ1n) is 6.50. The SMILES string of the molecule is CC[C@H]1C2C(=O)N(Cc3ccccc3)C(=O)C21C. The minimum Gasteiger partial charge on any atom is -0.277 e. The van der Waals surface area contributed by atoms with Gasteiger partial charge < -0.3 is 0 Å². The van der Waals surface area contributed by atoms with E-state index in [2.05, 4.69) is 6.92 Å². The summed E-state index contributed by atoms with van der Waals surface area (Å²) in [6, 6.07) is 9.69. The van der Waals surface area contributed by atoms with Gasteiger partial charge in [0.2, 0.25) is 11.8 Å². The lowest BCUT2D eigenvalue weighted by Crippen LogP contribution is -2.35. The van der Waals surface area contributed by atoms with Crippen LogP contribution in [-0.4, -0.2) is 16.7 Å². The largest absolute Gasteiger partial charge is 0.277 e. The molecule has 2 fully saturated rings. The fourth-order valence-corrected chi connectivity index (χ4v) is 3.46. The van der Waals surface area contributed by atoms with Crippen molar-refractivity contribution in [1.82, 2.24) is 4.90 Å². The minimum absolute atomic E-state index is 0.0215. The van der Waals surface area contributed by atoms with Gasteiger partial charge in [-0.2, -0.15) is 0 Å². The van der Waals surface area contributed by atoms with Gasteiger partial charge in [0.05, 0.1) is 17.9 Å². The Morgan fingerprint density at radius 1 is 1.22 bits per heavy atom. The van der Waals surface area contributed by atoms with Crippen LogP contribution in [0.15, 0.2) is 30.3 Å². The van der Waals surface area contributed by atoms with Crippen LogP contribution >= 0.6 is 0 Å². The van der Waals surface area contributed by atoms with Crippen molar-refractivity contribution in [2.75, 3.05) is 0 Å². The summed E-state index contributed by atoms with van der Waals surface area (Å²) in [4.78, 5) is 26.0. The molecule has 2 unspecified atom stereocenters. The van der Waals surface area contributed by atoms with Gasteiger partial charge in [0.1, 0.15) is 0 Å². The average molecular weight is 243 g/mol. The number of benzene rings is 1. The molecule has 0 radical (unpaired) electrons. The van der Waals surface area contributed by atoms with Crippen LogP contribution in [-0.2, 0) is 16.1 Å². The van der Waals surface area contributed by atoms with E-state index in [1.807, 2.05) is 37.3 Å². The molecule has 1 heterocycles. The predicted molar refractivity (Wildman–Crippen MR) is 67.4 cm³/mol. The Morgan fingerprint density at radius 3 is 2.39 bits per heavy atom. The Bertz CT molecular complexity index is 510. The molecule has 3 heteroatoms. The molecule has 18 heavy (non-hydrogen) atoms. The van der Waals surface area contributed by atoms with Crippen molar-refractivity contribution in [2.24, 2.45) is 17.3 Å². The van der Waals surface area contributed by atoms with Crippen LogP contribution in [0.1, 0.15) is 25.8 Å². The number of amides is 2. The third-order valence-electron chi connectivity index (χ3n) is 4.57. The number of imide groups is 1. The van der Waals surface area contributed by atoms with Gasteiger partial charge >= 0.3 is 0 Å². The van der Waals surface area contributed by atoms with Gasteiger partial charge in [-0.05, 0) is 18.4 Å². The van der Waals surface area contributed by atoms with Crippen LogP contribution in [0.3, 0.4) is 0 Å². The summed E-state index contributed by atoms with van der Waals surface area (Å²) in [6.07, 6.45) is 0.915. The molecule has 3 nitrogen and oxygen atoms in total. The van der Waals surface area contributed by atoms with Gasteiger partial charge in [0.25, 0.3) is 0 Å². The monoisotopic (exact) mass is 243 g/mol. The highest BCUT2D eigenvalue weighted by Gasteiger charge is 2.75. The predicted octanol–water partition coefficient (Wildman–Crippen LogP) is 2.22. The molecule has 0 aromatic heterocycles. The van der Waals surface area contributed by atoms with Gasteiger partial charge in [0, 0.05) is 0 Å². The summed E-state index contributed by atoms with van der Waals surface area (Å²) in [7, 11) is 0. The molecular weight excluding hydrogens is 226 g/mol. The molecule has 1 aliphatic carbocycles. The zero-order chi connectivity index (χ0) is 12.9. The van der Waals surface area contributed by atoms with E-state index in [0.29, 0.717) is 6.54 Å². The zero-order valence-electron chi connectivity index (χ0n) is 10.7. The molecule has 1 aromatic rings. The van der Waals surface area contributed by atoms with E-state index < -0.39 is 5.41 Å². The maximum atomic E-state index is 12.4. The molecule has 1 saturated carbocycles. The van der Waals surface area contributed by atoms with E-state index in [9.17, 15) is 9.59 Å². The second-order valence-corrected chi connectivity index (χ2v) is 5.49. The number of hydrogen-bond donors (Lipinski definition) is 0. The van der Waals surface area contributed by atoms with Crippen LogP contribution in [0.5, 0.6) is 0 Å². The molecule has 1 aliphatic heterocycles. The molecule has 3 atom stereocenters. The molecule has 94 valence electrons. The van der Waals surface area contributed by atoms with Gasteiger partial charge in [-0.15, -0.1) is 0 Å². The first-order chi connectivity index (χ1) is 8.60. The Hall–Kier alpha value is -1.64. The number of likely N-dealkylation sites (tertiary alicyclic amines) is 1. The maximum absolute atomic E-state index is 12.4. The van der Waals surface area contributed by atoms with Crippen LogP contribution in [0.4, 0.5) is 0 Å². The molecule has 0 bridgehead atoms. The number of piperidine rings is 1. The van der Waals surface area contributed by atoms with Gasteiger partial charge in [0.15, 0.2) is 0 Å². The second-order valence-electron chi connectivity index (χ2n) is 5.49. The summed E-state index contributed by atoms with van der Waals surface area (Å²) in [6.45, 7) is 4.41. The normalized spacial score (nSPS) is 33.8. The van der Waals surface area contributed by atoms with E-state index in [1.54, 1.807) is 0 Å². The summed E-state index contributed by atoms with van der Waals surface area (Å²) in [5, 5.41) is 0. The molecule has 2 aliphatic rings. The highest BCUT2D eigenvalue weighted by Crippen LogP contribution is 2.65. The van der Waals surface area contributed by atoms with E-state index in [1.165, 1.54) is 4.90 Å². The van der Waals surface area contributed by atoms with E-state index in [4.69, 9.17) is 0 Å². The van der Waals surface area contributed by atoms with E-state index in [-0.39, 0.29) is 23.7 Å². The Balaban J connectivity index is 1.81. The van der Waals surface area contributed by atoms with Crippen molar-refractivity contribution in [3.8, 4) is 0 Å². The summed E-state index contributed by atoms with van der Waals surface area (Å²) >= 11 is 0. The molecule has 1 aromatic carbocycles. The fourth-order valence-electron chi connectivity index (χ4n) is 3.46. The molecule has 3 rings (SSSR count). The zero-order valence-corrected chi connectivity index (χ0v) is 10.7. The van der Waals surface area contributed by atoms with Crippen molar-refractivity contribution < 1.29 is 9.59 Å². The maximum Gasteiger partial charge on any atom is 0.236 e. The minimum atomic E-state index is -0.402. The average Bonchev–Trinajstić information content (AvgIpc) is 2.96. The summed E-state index contributed by atoms with van der Waals surface area (Å²) in [5.41, 5.74) is 0.609. The number of fused-ring (bicyclic) bond motifs is 1. The molecule has 0 N–H and O–H groups in total. The molecule has 1 saturated heterocycles. The second kappa shape index (κ2) is 3.67. The third kappa shape index (κ3) is 1.30. The fraction of sp³-hybridized carbons (Fsp3) is 0.467. The van der Waals surface area contributed by atoms with Crippen LogP contribution in [0, 0.1) is 17.3 Å². The number of hydrogen-bond acceptors (Lipinski definition) is 2. The lowest BCUT2D eigenvalue weighted by molar-refractivity contribution is -0.144. The van der Waals surface area contributed by atoms with Crippen LogP contribution < -0.4 is 0 Å². The van der Waals surface area contributed by atoms with Crippen molar-refractivity contribution >= 4 is 11.8 Å². The van der Waals surface area contributed by atoms with Gasteiger partial charge in [-0.1, -0.05) is 43.7 Å². The van der Waals surface area contributed by atoms with Gasteiger partial charge in [-0.25, -0.2) is 0 Å². The lowest BCUT2D eigenvalue weighted by atomic mass is 10.0. The Labute approximate surface area is 107 Å². The van der Waals surface area contributed by atoms with Crippen LogP contribution in [0.25, 0.3) is 0 Å². The number of carbonyl (C=O) groups is 2. The quantitative estimate of drug-likeness (QED) is 0.763. The first kappa shape index (κ1) is 11.5. The highest BCUT2D eigenvalue weighted by atomic mass is 16.2.